The molecule has 2 aromatic rings. The number of anilines is 1. The fourth-order valence-electron chi connectivity index (χ4n) is 1.40. The quantitative estimate of drug-likeness (QED) is 0.644. The summed E-state index contributed by atoms with van der Waals surface area (Å²) in [5.41, 5.74) is 6.05. The number of nitrogens with two attached hydrogens (primary N) is 1. The molecule has 0 heterocycles. The van der Waals surface area contributed by atoms with Gasteiger partial charge in [-0.2, -0.15) is 5.26 Å². The van der Waals surface area contributed by atoms with Gasteiger partial charge in [0.15, 0.2) is 17.3 Å². The Morgan fingerprint density at radius 1 is 1.11 bits per heavy atom. The zero-order chi connectivity index (χ0) is 14.0. The van der Waals surface area contributed by atoms with Crippen molar-refractivity contribution in [2.75, 3.05) is 5.73 Å². The summed E-state index contributed by atoms with van der Waals surface area (Å²) < 4.78 is 32.6. The van der Waals surface area contributed by atoms with Crippen molar-refractivity contribution in [3.8, 4) is 17.6 Å². The van der Waals surface area contributed by atoms with Crippen LogP contribution in [0.15, 0.2) is 30.3 Å². The third-order valence-corrected chi connectivity index (χ3v) is 3.16. The standard InChI is InChI=1S/C13H7F2IN2O/c14-8-4-13(11(18)5-10(8)16)19-12-2-1-7(6-17)3-9(12)15/h1-5H,18H2. The van der Waals surface area contributed by atoms with Crippen LogP contribution in [-0.2, 0) is 0 Å². The number of nitrogen functional groups attached to an aromatic ring is 1. The van der Waals surface area contributed by atoms with E-state index in [0.717, 1.165) is 12.1 Å². The third-order valence-electron chi connectivity index (χ3n) is 2.33. The highest BCUT2D eigenvalue weighted by Gasteiger charge is 2.11. The van der Waals surface area contributed by atoms with Gasteiger partial charge in [0.2, 0.25) is 0 Å². The number of benzene rings is 2. The van der Waals surface area contributed by atoms with E-state index in [9.17, 15) is 8.78 Å². The topological polar surface area (TPSA) is 59.0 Å². The van der Waals surface area contributed by atoms with Gasteiger partial charge in [-0.1, -0.05) is 0 Å². The monoisotopic (exact) mass is 372 g/mol. The van der Waals surface area contributed by atoms with Gasteiger partial charge >= 0.3 is 0 Å². The molecule has 0 saturated heterocycles. The molecule has 0 aliphatic heterocycles. The Morgan fingerprint density at radius 3 is 2.47 bits per heavy atom. The summed E-state index contributed by atoms with van der Waals surface area (Å²) in [6, 6.07) is 8.02. The first kappa shape index (κ1) is 13.5. The molecule has 0 spiro atoms. The molecule has 96 valence electrons. The molecule has 0 aliphatic rings. The van der Waals surface area contributed by atoms with Gasteiger partial charge in [-0.15, -0.1) is 0 Å². The highest BCUT2D eigenvalue weighted by atomic mass is 127. The van der Waals surface area contributed by atoms with Crippen LogP contribution < -0.4 is 10.5 Å². The summed E-state index contributed by atoms with van der Waals surface area (Å²) in [5, 5.41) is 8.63. The van der Waals surface area contributed by atoms with Crippen LogP contribution in [0.2, 0.25) is 0 Å². The maximum Gasteiger partial charge on any atom is 0.167 e. The zero-order valence-electron chi connectivity index (χ0n) is 9.45. The van der Waals surface area contributed by atoms with Crippen molar-refractivity contribution in [2.45, 2.75) is 0 Å². The van der Waals surface area contributed by atoms with Gasteiger partial charge in [0.1, 0.15) is 5.82 Å². The fourth-order valence-corrected chi connectivity index (χ4v) is 1.90. The van der Waals surface area contributed by atoms with Crippen molar-refractivity contribution in [3.05, 3.63) is 51.1 Å². The molecule has 0 atom stereocenters. The highest BCUT2D eigenvalue weighted by molar-refractivity contribution is 14.1. The van der Waals surface area contributed by atoms with Crippen LogP contribution in [0.25, 0.3) is 0 Å². The summed E-state index contributed by atoms with van der Waals surface area (Å²) in [6.07, 6.45) is 0. The van der Waals surface area contributed by atoms with Crippen molar-refractivity contribution in [2.24, 2.45) is 0 Å². The smallest absolute Gasteiger partial charge is 0.167 e. The molecule has 0 fully saturated rings. The lowest BCUT2D eigenvalue weighted by molar-refractivity contribution is 0.440. The molecule has 0 bridgehead atoms. The average Bonchev–Trinajstić information content (AvgIpc) is 2.38. The predicted octanol–water partition coefficient (Wildman–Crippen LogP) is 3.82. The molecule has 0 saturated carbocycles. The van der Waals surface area contributed by atoms with E-state index >= 15 is 0 Å². The summed E-state index contributed by atoms with van der Waals surface area (Å²) in [4.78, 5) is 0. The fraction of sp³-hybridized carbons (Fsp3) is 0. The minimum absolute atomic E-state index is 0.0292. The van der Waals surface area contributed by atoms with Crippen LogP contribution in [0.5, 0.6) is 11.5 Å². The van der Waals surface area contributed by atoms with Crippen molar-refractivity contribution >= 4 is 28.3 Å². The number of ether oxygens (including phenoxy) is 1. The van der Waals surface area contributed by atoms with Crippen LogP contribution in [-0.4, -0.2) is 0 Å². The van der Waals surface area contributed by atoms with Crippen molar-refractivity contribution < 1.29 is 13.5 Å². The molecule has 2 N–H and O–H groups in total. The van der Waals surface area contributed by atoms with E-state index in [1.807, 2.05) is 0 Å². The second-order valence-electron chi connectivity index (χ2n) is 3.66. The Labute approximate surface area is 121 Å². The van der Waals surface area contributed by atoms with E-state index in [1.54, 1.807) is 28.7 Å². The molecule has 0 aromatic heterocycles. The number of halogens is 3. The average molecular weight is 372 g/mol. The zero-order valence-corrected chi connectivity index (χ0v) is 11.6. The Bertz CT molecular complexity index is 683. The molecule has 0 radical (unpaired) electrons. The predicted molar refractivity (Wildman–Crippen MR) is 74.7 cm³/mol. The van der Waals surface area contributed by atoms with E-state index in [-0.39, 0.29) is 22.7 Å². The normalized spacial score (nSPS) is 10.0. The first-order valence-corrected chi connectivity index (χ1v) is 6.21. The Morgan fingerprint density at radius 2 is 1.84 bits per heavy atom. The first-order chi connectivity index (χ1) is 9.01. The highest BCUT2D eigenvalue weighted by Crippen LogP contribution is 2.32. The SMILES string of the molecule is N#Cc1ccc(Oc2cc(F)c(I)cc2N)c(F)c1. The van der Waals surface area contributed by atoms with Gasteiger partial charge in [0, 0.05) is 6.07 Å². The Hall–Kier alpha value is -1.88. The lowest BCUT2D eigenvalue weighted by Gasteiger charge is -2.10. The lowest BCUT2D eigenvalue weighted by atomic mass is 10.2. The largest absolute Gasteiger partial charge is 0.452 e. The van der Waals surface area contributed by atoms with Crippen LogP contribution >= 0.6 is 22.6 Å². The summed E-state index contributed by atoms with van der Waals surface area (Å²) in [7, 11) is 0. The summed E-state index contributed by atoms with van der Waals surface area (Å²) >= 11 is 1.79. The van der Waals surface area contributed by atoms with Crippen LogP contribution in [0.4, 0.5) is 14.5 Å². The number of hydrogen-bond acceptors (Lipinski definition) is 3. The van der Waals surface area contributed by atoms with Crippen molar-refractivity contribution in [3.63, 3.8) is 0 Å². The summed E-state index contributed by atoms with van der Waals surface area (Å²) in [5.74, 6) is -1.30. The molecule has 3 nitrogen and oxygen atoms in total. The molecule has 0 aliphatic carbocycles. The van der Waals surface area contributed by atoms with E-state index in [4.69, 9.17) is 15.7 Å². The number of rotatable bonds is 2. The molecule has 0 unspecified atom stereocenters. The Kier molecular flexibility index (Phi) is 3.85. The molecule has 19 heavy (non-hydrogen) atoms. The van der Waals surface area contributed by atoms with Crippen LogP contribution in [0.1, 0.15) is 5.56 Å². The molecule has 0 amide bonds. The summed E-state index contributed by atoms with van der Waals surface area (Å²) in [6.45, 7) is 0. The van der Waals surface area contributed by atoms with Gasteiger partial charge in [-0.3, -0.25) is 0 Å². The molecule has 2 aromatic carbocycles. The van der Waals surface area contributed by atoms with Gasteiger partial charge in [0.05, 0.1) is 20.9 Å². The van der Waals surface area contributed by atoms with Crippen LogP contribution in [0, 0.1) is 26.5 Å². The van der Waals surface area contributed by atoms with E-state index in [2.05, 4.69) is 0 Å². The third kappa shape index (κ3) is 2.93. The first-order valence-electron chi connectivity index (χ1n) is 5.13. The molecule has 6 heteroatoms. The van der Waals surface area contributed by atoms with Gasteiger partial charge in [-0.05, 0) is 46.9 Å². The number of nitriles is 1. The Balaban J connectivity index is 2.37. The number of hydrogen-bond donors (Lipinski definition) is 1. The molecular weight excluding hydrogens is 365 g/mol. The molecular formula is C13H7F2IN2O. The maximum atomic E-state index is 13.6. The van der Waals surface area contributed by atoms with Crippen molar-refractivity contribution in [1.29, 1.82) is 5.26 Å². The van der Waals surface area contributed by atoms with E-state index < -0.39 is 11.6 Å². The van der Waals surface area contributed by atoms with E-state index in [0.29, 0.717) is 3.57 Å². The van der Waals surface area contributed by atoms with Gasteiger partial charge < -0.3 is 10.5 Å². The lowest BCUT2D eigenvalue weighted by Crippen LogP contribution is -1.96. The van der Waals surface area contributed by atoms with E-state index in [1.165, 1.54) is 18.2 Å². The second kappa shape index (κ2) is 5.40. The maximum absolute atomic E-state index is 13.6. The molecule has 2 rings (SSSR count). The van der Waals surface area contributed by atoms with Gasteiger partial charge in [0.25, 0.3) is 0 Å². The second-order valence-corrected chi connectivity index (χ2v) is 4.83. The van der Waals surface area contributed by atoms with Crippen molar-refractivity contribution in [1.82, 2.24) is 0 Å². The minimum atomic E-state index is -0.711. The van der Waals surface area contributed by atoms with Crippen LogP contribution in [0.3, 0.4) is 0 Å². The number of nitrogens with zero attached hydrogens (tertiary/aromatic N) is 1. The minimum Gasteiger partial charge on any atom is -0.452 e. The van der Waals surface area contributed by atoms with Gasteiger partial charge in [-0.25, -0.2) is 8.78 Å².